The molecular formula is C12H22NO3-. The Labute approximate surface area is 97.5 Å². The predicted octanol–water partition coefficient (Wildman–Crippen LogP) is 2.46. The van der Waals surface area contributed by atoms with Crippen molar-refractivity contribution in [1.82, 2.24) is 5.06 Å². The summed E-state index contributed by atoms with van der Waals surface area (Å²) in [7, 11) is 0. The molecule has 0 aromatic rings. The van der Waals surface area contributed by atoms with Gasteiger partial charge in [-0.25, -0.2) is 0 Å². The van der Waals surface area contributed by atoms with E-state index in [1.54, 1.807) is 6.92 Å². The van der Waals surface area contributed by atoms with Gasteiger partial charge < -0.3 is 15.0 Å². The Morgan fingerprint density at radius 2 is 1.75 bits per heavy atom. The van der Waals surface area contributed by atoms with E-state index < -0.39 is 11.1 Å². The highest BCUT2D eigenvalue weighted by molar-refractivity contribution is 5.69. The second kappa shape index (κ2) is 4.34. The Kier molecular flexibility index (Phi) is 3.65. The van der Waals surface area contributed by atoms with Gasteiger partial charge in [0.2, 0.25) is 0 Å². The van der Waals surface area contributed by atoms with Gasteiger partial charge in [-0.1, -0.05) is 6.92 Å². The number of esters is 1. The number of hydrogen-bond donors (Lipinski definition) is 0. The molecule has 0 aromatic heterocycles. The average Bonchev–Trinajstić information content (AvgIpc) is 2.13. The van der Waals surface area contributed by atoms with Crippen LogP contribution in [-0.2, 0) is 9.53 Å². The quantitative estimate of drug-likeness (QED) is 0.681. The number of hydrogen-bond acceptors (Lipinski definition) is 4. The summed E-state index contributed by atoms with van der Waals surface area (Å²) in [4.78, 5) is 11.3. The lowest BCUT2D eigenvalue weighted by molar-refractivity contribution is -0.157. The molecule has 0 radical (unpaired) electrons. The monoisotopic (exact) mass is 228 g/mol. The van der Waals surface area contributed by atoms with E-state index in [0.717, 1.165) is 5.06 Å². The Hall–Kier alpha value is -0.610. The largest absolute Gasteiger partial charge is 0.784 e. The van der Waals surface area contributed by atoms with Crippen LogP contribution in [0.2, 0.25) is 0 Å². The van der Waals surface area contributed by atoms with Crippen LogP contribution in [0.1, 0.15) is 53.9 Å². The summed E-state index contributed by atoms with van der Waals surface area (Å²) in [5, 5.41) is 13.2. The van der Waals surface area contributed by atoms with Crippen LogP contribution in [0.15, 0.2) is 0 Å². The molecule has 0 N–H and O–H groups in total. The van der Waals surface area contributed by atoms with E-state index in [0.29, 0.717) is 19.3 Å². The molecule has 0 amide bonds. The Morgan fingerprint density at radius 3 is 2.12 bits per heavy atom. The van der Waals surface area contributed by atoms with Crippen LogP contribution in [-0.4, -0.2) is 28.2 Å². The highest BCUT2D eigenvalue weighted by Gasteiger charge is 2.41. The molecule has 0 spiro atoms. The summed E-state index contributed by atoms with van der Waals surface area (Å²) in [6, 6.07) is 0. The van der Waals surface area contributed by atoms with Crippen molar-refractivity contribution in [2.75, 3.05) is 0 Å². The third-order valence-electron chi connectivity index (χ3n) is 3.14. The van der Waals surface area contributed by atoms with Crippen LogP contribution in [0.25, 0.3) is 0 Å². The standard InChI is InChI=1S/C12H22NO3/c1-6-10(14)16-9-7-11(2,3)13(15)12(4,5)8-9/h9H,6-8H2,1-5H3/q-1. The number of piperidine rings is 1. The average molecular weight is 228 g/mol. The lowest BCUT2D eigenvalue weighted by atomic mass is 9.80. The SMILES string of the molecule is CCC(=O)OC1CC(C)(C)N([O-])C(C)(C)C1. The first-order chi connectivity index (χ1) is 7.19. The fourth-order valence-electron chi connectivity index (χ4n) is 2.52. The van der Waals surface area contributed by atoms with Gasteiger partial charge >= 0.3 is 5.97 Å². The minimum atomic E-state index is -0.472. The molecule has 4 heteroatoms. The minimum Gasteiger partial charge on any atom is -0.784 e. The molecule has 0 saturated carbocycles. The Balaban J connectivity index is 2.75. The maximum atomic E-state index is 12.0. The molecule has 94 valence electrons. The number of carbonyl (C=O) groups excluding carboxylic acids is 1. The Bertz CT molecular complexity index is 255. The van der Waals surface area contributed by atoms with Crippen LogP contribution in [0.3, 0.4) is 0 Å². The second-order valence-corrected chi connectivity index (χ2v) is 5.79. The van der Waals surface area contributed by atoms with Crippen molar-refractivity contribution in [3.63, 3.8) is 0 Å². The van der Waals surface area contributed by atoms with Crippen LogP contribution >= 0.6 is 0 Å². The zero-order chi connectivity index (χ0) is 12.6. The molecule has 1 aliphatic heterocycles. The molecule has 16 heavy (non-hydrogen) atoms. The van der Waals surface area contributed by atoms with Crippen molar-refractivity contribution in [2.24, 2.45) is 0 Å². The lowest BCUT2D eigenvalue weighted by Gasteiger charge is -2.59. The van der Waals surface area contributed by atoms with Crippen LogP contribution < -0.4 is 0 Å². The van der Waals surface area contributed by atoms with E-state index in [-0.39, 0.29) is 12.1 Å². The van der Waals surface area contributed by atoms with E-state index in [9.17, 15) is 10.0 Å². The molecule has 0 aliphatic carbocycles. The van der Waals surface area contributed by atoms with Gasteiger partial charge in [-0.05, 0) is 27.7 Å². The Morgan fingerprint density at radius 1 is 1.31 bits per heavy atom. The van der Waals surface area contributed by atoms with Crippen molar-refractivity contribution < 1.29 is 9.53 Å². The fraction of sp³-hybridized carbons (Fsp3) is 0.917. The molecule has 1 saturated heterocycles. The van der Waals surface area contributed by atoms with Crippen molar-refractivity contribution in [3.05, 3.63) is 5.21 Å². The molecule has 1 rings (SSSR count). The van der Waals surface area contributed by atoms with Gasteiger partial charge in [0.25, 0.3) is 0 Å². The van der Waals surface area contributed by atoms with Gasteiger partial charge in [0, 0.05) is 30.3 Å². The molecule has 1 aliphatic rings. The predicted molar refractivity (Wildman–Crippen MR) is 62.8 cm³/mol. The zero-order valence-electron chi connectivity index (χ0n) is 10.9. The first-order valence-electron chi connectivity index (χ1n) is 5.86. The molecular weight excluding hydrogens is 206 g/mol. The summed E-state index contributed by atoms with van der Waals surface area (Å²) in [6.45, 7) is 9.37. The lowest BCUT2D eigenvalue weighted by Crippen LogP contribution is -2.59. The maximum Gasteiger partial charge on any atom is 0.305 e. The second-order valence-electron chi connectivity index (χ2n) is 5.79. The third kappa shape index (κ3) is 2.74. The number of carbonyl (C=O) groups is 1. The first-order valence-corrected chi connectivity index (χ1v) is 5.86. The number of nitrogens with zero attached hydrogens (tertiary/aromatic N) is 1. The van der Waals surface area contributed by atoms with E-state index >= 15 is 0 Å². The summed E-state index contributed by atoms with van der Waals surface area (Å²) < 4.78 is 5.36. The third-order valence-corrected chi connectivity index (χ3v) is 3.14. The van der Waals surface area contributed by atoms with Gasteiger partial charge in [0.1, 0.15) is 6.10 Å². The van der Waals surface area contributed by atoms with E-state index in [1.165, 1.54) is 0 Å². The maximum absolute atomic E-state index is 12.0. The van der Waals surface area contributed by atoms with Crippen LogP contribution in [0.5, 0.6) is 0 Å². The van der Waals surface area contributed by atoms with E-state index in [2.05, 4.69) is 0 Å². The highest BCUT2D eigenvalue weighted by atomic mass is 16.5. The van der Waals surface area contributed by atoms with Crippen molar-refractivity contribution in [1.29, 1.82) is 0 Å². The number of ether oxygens (including phenoxy) is 1. The zero-order valence-corrected chi connectivity index (χ0v) is 10.9. The fourth-order valence-corrected chi connectivity index (χ4v) is 2.52. The highest BCUT2D eigenvalue weighted by Crippen LogP contribution is 2.38. The van der Waals surface area contributed by atoms with Crippen LogP contribution in [0, 0.1) is 5.21 Å². The van der Waals surface area contributed by atoms with Crippen LogP contribution in [0.4, 0.5) is 0 Å². The summed E-state index contributed by atoms with van der Waals surface area (Å²) >= 11 is 0. The van der Waals surface area contributed by atoms with Gasteiger partial charge in [0.05, 0.1) is 0 Å². The van der Waals surface area contributed by atoms with Gasteiger partial charge in [0.15, 0.2) is 0 Å². The molecule has 0 atom stereocenters. The number of hydroxylamine groups is 2. The summed E-state index contributed by atoms with van der Waals surface area (Å²) in [5.74, 6) is -0.184. The summed E-state index contributed by atoms with van der Waals surface area (Å²) in [5.41, 5.74) is -0.944. The molecule has 1 fully saturated rings. The van der Waals surface area contributed by atoms with Crippen molar-refractivity contribution in [2.45, 2.75) is 71.1 Å². The van der Waals surface area contributed by atoms with Crippen molar-refractivity contribution >= 4 is 5.97 Å². The summed E-state index contributed by atoms with van der Waals surface area (Å²) in [6.07, 6.45) is 1.46. The molecule has 0 unspecified atom stereocenters. The smallest absolute Gasteiger partial charge is 0.305 e. The first kappa shape index (κ1) is 13.5. The van der Waals surface area contributed by atoms with Gasteiger partial charge in [-0.2, -0.15) is 0 Å². The van der Waals surface area contributed by atoms with Crippen molar-refractivity contribution in [3.8, 4) is 0 Å². The molecule has 0 aromatic carbocycles. The van der Waals surface area contributed by atoms with Gasteiger partial charge in [-0.15, -0.1) is 0 Å². The normalized spacial score (nSPS) is 25.4. The van der Waals surface area contributed by atoms with E-state index in [1.807, 2.05) is 27.7 Å². The molecule has 0 bridgehead atoms. The van der Waals surface area contributed by atoms with Gasteiger partial charge in [-0.3, -0.25) is 4.79 Å². The van der Waals surface area contributed by atoms with E-state index in [4.69, 9.17) is 4.74 Å². The molecule has 4 nitrogen and oxygen atoms in total. The molecule has 1 heterocycles. The minimum absolute atomic E-state index is 0.136. The topological polar surface area (TPSA) is 52.6 Å². The number of rotatable bonds is 2.